The zero-order valence-electron chi connectivity index (χ0n) is 35.2. The van der Waals surface area contributed by atoms with Crippen LogP contribution in [0.4, 0.5) is 10.5 Å². The van der Waals surface area contributed by atoms with Gasteiger partial charge in [0, 0.05) is 70.5 Å². The van der Waals surface area contributed by atoms with Gasteiger partial charge in [0.1, 0.15) is 28.9 Å². The third-order valence-corrected chi connectivity index (χ3v) is 8.28. The van der Waals surface area contributed by atoms with Crippen LogP contribution in [0.5, 0.6) is 0 Å². The Labute approximate surface area is 340 Å². The summed E-state index contributed by atoms with van der Waals surface area (Å²) in [7, 11) is 0. The quantitative estimate of drug-likeness (QED) is 0.0558. The van der Waals surface area contributed by atoms with Gasteiger partial charge >= 0.3 is 23.9 Å². The molecular weight excluding hydrogens is 737 g/mol. The highest BCUT2D eigenvalue weighted by Gasteiger charge is 2.31. The van der Waals surface area contributed by atoms with Gasteiger partial charge < -0.3 is 56.7 Å². The lowest BCUT2D eigenvalue weighted by molar-refractivity contribution is -0.159. The molecular formula is C40H70N8O7S. The third kappa shape index (κ3) is 23.5. The Bertz CT molecular complexity index is 1360. The molecule has 0 aliphatic carbocycles. The zero-order valence-corrected chi connectivity index (χ0v) is 36.0. The number of nitrogens with one attached hydrogen (secondary N) is 8. The van der Waals surface area contributed by atoms with Gasteiger partial charge in [-0.05, 0) is 124 Å². The minimum atomic E-state index is -1.16. The average molecular weight is 807 g/mol. The number of carbonyl (C=O) groups excluding carboxylic acids is 4. The lowest BCUT2D eigenvalue weighted by Gasteiger charge is -2.27. The van der Waals surface area contributed by atoms with Crippen molar-refractivity contribution in [1.82, 2.24) is 37.2 Å². The van der Waals surface area contributed by atoms with Crippen LogP contribution >= 0.6 is 12.2 Å². The number of unbranched alkanes of at least 4 members (excludes halogenated alkanes) is 1. The zero-order chi connectivity index (χ0) is 41.8. The summed E-state index contributed by atoms with van der Waals surface area (Å²) < 4.78 is 16.5. The maximum atomic E-state index is 13.2. The molecule has 0 bridgehead atoms. The van der Waals surface area contributed by atoms with Crippen molar-refractivity contribution in [3.05, 3.63) is 29.8 Å². The lowest BCUT2D eigenvalue weighted by Crippen LogP contribution is -2.53. The molecule has 318 valence electrons. The van der Waals surface area contributed by atoms with Crippen LogP contribution in [0.15, 0.2) is 24.3 Å². The number of hydrogen-bond donors (Lipinski definition) is 8. The highest BCUT2D eigenvalue weighted by molar-refractivity contribution is 7.80. The molecule has 1 aliphatic rings. The van der Waals surface area contributed by atoms with Crippen molar-refractivity contribution in [2.24, 2.45) is 0 Å². The van der Waals surface area contributed by atoms with E-state index < -0.39 is 52.8 Å². The summed E-state index contributed by atoms with van der Waals surface area (Å²) in [5.74, 6) is -1.82. The number of benzene rings is 1. The number of carbonyl (C=O) groups is 4. The summed E-state index contributed by atoms with van der Waals surface area (Å²) >= 11 is 5.53. The fourth-order valence-electron chi connectivity index (χ4n) is 5.58. The summed E-state index contributed by atoms with van der Waals surface area (Å²) in [5.41, 5.74) is -0.203. The van der Waals surface area contributed by atoms with E-state index in [0.29, 0.717) is 30.5 Å². The minimum Gasteiger partial charge on any atom is -0.460 e. The van der Waals surface area contributed by atoms with Crippen molar-refractivity contribution < 1.29 is 33.4 Å². The van der Waals surface area contributed by atoms with E-state index in [1.807, 2.05) is 12.1 Å². The first-order chi connectivity index (χ1) is 26.2. The van der Waals surface area contributed by atoms with E-state index in [0.717, 1.165) is 57.9 Å². The van der Waals surface area contributed by atoms with Gasteiger partial charge in [0.15, 0.2) is 5.11 Å². The Morgan fingerprint density at radius 1 is 0.714 bits per heavy atom. The molecule has 2 amide bonds. The van der Waals surface area contributed by atoms with Gasteiger partial charge in [-0.3, -0.25) is 4.79 Å². The summed E-state index contributed by atoms with van der Waals surface area (Å²) in [4.78, 5) is 51.8. The molecule has 0 saturated carbocycles. The number of rotatable bonds is 15. The SMILES string of the molecule is CC(C)(C)OC(=O)CC[C@H](NC(=O)N[C@@H](CCCCNC(=S)Nc1ccc(CC2CNCCNCCNCCN2)cc1)C(=O)OC(C)(C)C)C(=O)OC(C)(C)C. The second-order valence-electron chi connectivity index (χ2n) is 17.0. The van der Waals surface area contributed by atoms with Crippen LogP contribution in [-0.4, -0.2) is 116 Å². The normalized spacial score (nSPS) is 17.1. The molecule has 1 aromatic carbocycles. The summed E-state index contributed by atoms with van der Waals surface area (Å²) in [6, 6.07) is 5.66. The van der Waals surface area contributed by atoms with Gasteiger partial charge in [-0.25, -0.2) is 14.4 Å². The molecule has 2 rings (SSSR count). The highest BCUT2D eigenvalue weighted by atomic mass is 32.1. The van der Waals surface area contributed by atoms with E-state index in [2.05, 4.69) is 54.7 Å². The number of esters is 3. The van der Waals surface area contributed by atoms with Gasteiger partial charge in [0.25, 0.3) is 0 Å². The maximum Gasteiger partial charge on any atom is 0.329 e. The van der Waals surface area contributed by atoms with Crippen LogP contribution in [-0.2, 0) is 35.0 Å². The molecule has 1 aliphatic heterocycles. The number of amides is 2. The first-order valence-corrected chi connectivity index (χ1v) is 20.3. The smallest absolute Gasteiger partial charge is 0.329 e. The molecule has 1 heterocycles. The molecule has 1 aromatic rings. The standard InChI is InChI=1S/C40H70N8O7S/c1-38(2,3)53-33(49)18-17-32(35(51)55-40(7,8)9)48-36(52)47-31(34(50)54-39(4,5)6)12-10-11-19-45-37(56)46-29-15-13-28(14-16-29)26-30-27-43-23-22-41-20-21-42-24-25-44-30/h13-16,30-32,41-44H,10-12,17-27H2,1-9H3,(H2,45,46,56)(H2,47,48,52)/t30?,31-,32-/m0/s1. The van der Waals surface area contributed by atoms with Gasteiger partial charge in [-0.15, -0.1) is 0 Å². The Hall–Kier alpha value is -3.57. The minimum absolute atomic E-state index is 0.0515. The largest absolute Gasteiger partial charge is 0.460 e. The van der Waals surface area contributed by atoms with Crippen molar-refractivity contribution in [1.29, 1.82) is 0 Å². The predicted octanol–water partition coefficient (Wildman–Crippen LogP) is 3.27. The van der Waals surface area contributed by atoms with Crippen molar-refractivity contribution in [3.8, 4) is 0 Å². The first-order valence-electron chi connectivity index (χ1n) is 19.9. The van der Waals surface area contributed by atoms with E-state index >= 15 is 0 Å². The van der Waals surface area contributed by atoms with Gasteiger partial charge in [-0.2, -0.15) is 0 Å². The van der Waals surface area contributed by atoms with Crippen molar-refractivity contribution in [2.45, 2.75) is 136 Å². The van der Waals surface area contributed by atoms with E-state index in [-0.39, 0.29) is 19.3 Å². The Kier molecular flexibility index (Phi) is 21.0. The summed E-state index contributed by atoms with van der Waals surface area (Å²) in [6.45, 7) is 22.7. The van der Waals surface area contributed by atoms with Gasteiger partial charge in [0.05, 0.1) is 0 Å². The van der Waals surface area contributed by atoms with Crippen LogP contribution in [0.1, 0.15) is 100.0 Å². The van der Waals surface area contributed by atoms with Gasteiger partial charge in [0.2, 0.25) is 0 Å². The van der Waals surface area contributed by atoms with Crippen molar-refractivity contribution in [3.63, 3.8) is 0 Å². The van der Waals surface area contributed by atoms with E-state index in [4.69, 9.17) is 26.4 Å². The Morgan fingerprint density at radius 2 is 1.23 bits per heavy atom. The van der Waals surface area contributed by atoms with E-state index in [9.17, 15) is 19.2 Å². The van der Waals surface area contributed by atoms with E-state index in [1.54, 1.807) is 62.3 Å². The van der Waals surface area contributed by atoms with Crippen molar-refractivity contribution >= 4 is 47.0 Å². The second-order valence-corrected chi connectivity index (χ2v) is 17.5. The highest BCUT2D eigenvalue weighted by Crippen LogP contribution is 2.16. The van der Waals surface area contributed by atoms with Crippen molar-refractivity contribution in [2.75, 3.05) is 57.7 Å². The monoisotopic (exact) mass is 807 g/mol. The molecule has 16 heteroatoms. The number of urea groups is 1. The molecule has 1 saturated heterocycles. The molecule has 1 unspecified atom stereocenters. The summed E-state index contributed by atoms with van der Waals surface area (Å²) in [5, 5.41) is 26.3. The average Bonchev–Trinajstić information content (AvgIpc) is 3.05. The number of hydrogen-bond acceptors (Lipinski definition) is 12. The number of anilines is 1. The maximum absolute atomic E-state index is 13.2. The Morgan fingerprint density at radius 3 is 1.79 bits per heavy atom. The van der Waals surface area contributed by atoms with Crippen LogP contribution < -0.4 is 42.5 Å². The molecule has 15 nitrogen and oxygen atoms in total. The molecule has 8 N–H and O–H groups in total. The lowest BCUT2D eigenvalue weighted by atomic mass is 10.1. The summed E-state index contributed by atoms with van der Waals surface area (Å²) in [6.07, 6.45) is 2.21. The molecule has 1 fully saturated rings. The number of thiocarbonyl (C=S) groups is 1. The van der Waals surface area contributed by atoms with Crippen LogP contribution in [0.2, 0.25) is 0 Å². The Balaban J connectivity index is 1.90. The molecule has 0 radical (unpaired) electrons. The van der Waals surface area contributed by atoms with Gasteiger partial charge in [-0.1, -0.05) is 12.1 Å². The van der Waals surface area contributed by atoms with Crippen LogP contribution in [0.3, 0.4) is 0 Å². The topological polar surface area (TPSA) is 192 Å². The molecule has 0 spiro atoms. The van der Waals surface area contributed by atoms with Crippen LogP contribution in [0, 0.1) is 0 Å². The van der Waals surface area contributed by atoms with E-state index in [1.165, 1.54) is 5.56 Å². The third-order valence-electron chi connectivity index (χ3n) is 8.03. The molecule has 56 heavy (non-hydrogen) atoms. The molecule has 0 aromatic heterocycles. The van der Waals surface area contributed by atoms with Crippen LogP contribution in [0.25, 0.3) is 0 Å². The fourth-order valence-corrected chi connectivity index (χ4v) is 5.80. The predicted molar refractivity (Wildman–Crippen MR) is 225 cm³/mol. The second kappa shape index (κ2) is 24.3. The fraction of sp³-hybridized carbons (Fsp3) is 0.725. The number of ether oxygens (including phenoxy) is 3. The first kappa shape index (κ1) is 48.6. The molecule has 3 atom stereocenters.